The Morgan fingerprint density at radius 1 is 1.06 bits per heavy atom. The van der Waals surface area contributed by atoms with Crippen molar-refractivity contribution >= 4 is 0 Å². The van der Waals surface area contributed by atoms with E-state index in [2.05, 4.69) is 25.7 Å². The molecule has 0 fully saturated rings. The lowest BCUT2D eigenvalue weighted by atomic mass is 10.1. The predicted molar refractivity (Wildman–Crippen MR) is 71.9 cm³/mol. The predicted octanol–water partition coefficient (Wildman–Crippen LogP) is 2.81. The third-order valence-electron chi connectivity index (χ3n) is 2.33. The molecule has 17 heavy (non-hydrogen) atoms. The summed E-state index contributed by atoms with van der Waals surface area (Å²) < 4.78 is 5.56. The van der Waals surface area contributed by atoms with Gasteiger partial charge in [-0.2, -0.15) is 0 Å². The highest BCUT2D eigenvalue weighted by Gasteiger charge is 2.02. The van der Waals surface area contributed by atoms with E-state index >= 15 is 0 Å². The molecule has 1 atom stereocenters. The van der Waals surface area contributed by atoms with Crippen molar-refractivity contribution in [2.45, 2.75) is 39.8 Å². The second-order valence-corrected chi connectivity index (χ2v) is 4.73. The molecule has 0 aliphatic heterocycles. The molecule has 0 amide bonds. The van der Waals surface area contributed by atoms with Gasteiger partial charge in [0.25, 0.3) is 0 Å². The van der Waals surface area contributed by atoms with E-state index in [1.54, 1.807) is 0 Å². The van der Waals surface area contributed by atoms with Crippen molar-refractivity contribution in [2.24, 2.45) is 11.7 Å². The van der Waals surface area contributed by atoms with Crippen LogP contribution in [0.5, 0.6) is 5.75 Å². The van der Waals surface area contributed by atoms with Gasteiger partial charge in [-0.3, -0.25) is 0 Å². The van der Waals surface area contributed by atoms with E-state index in [4.69, 9.17) is 10.5 Å². The highest BCUT2D eigenvalue weighted by molar-refractivity contribution is 5.39. The maximum absolute atomic E-state index is 5.86. The molecule has 0 heterocycles. The van der Waals surface area contributed by atoms with Gasteiger partial charge in [0.05, 0.1) is 12.1 Å². The van der Waals surface area contributed by atoms with Crippen LogP contribution in [0, 0.1) is 17.8 Å². The molecule has 0 spiro atoms. The summed E-state index contributed by atoms with van der Waals surface area (Å²) in [5, 5.41) is 0. The molecule has 0 bridgehead atoms. The lowest BCUT2D eigenvalue weighted by Gasteiger charge is -2.09. The van der Waals surface area contributed by atoms with Crippen molar-refractivity contribution < 1.29 is 4.74 Å². The fourth-order valence-corrected chi connectivity index (χ4v) is 1.22. The zero-order valence-corrected chi connectivity index (χ0v) is 11.0. The topological polar surface area (TPSA) is 35.2 Å². The fraction of sp³-hybridized carbons (Fsp3) is 0.467. The first-order chi connectivity index (χ1) is 7.99. The molecular formula is C15H21NO. The molecular weight excluding hydrogens is 210 g/mol. The molecule has 1 unspecified atom stereocenters. The first-order valence-corrected chi connectivity index (χ1v) is 6.03. The van der Waals surface area contributed by atoms with Crippen LogP contribution in [0.4, 0.5) is 0 Å². The van der Waals surface area contributed by atoms with E-state index in [-0.39, 0.29) is 12.1 Å². The average Bonchev–Trinajstić information content (AvgIpc) is 2.26. The van der Waals surface area contributed by atoms with Crippen LogP contribution >= 0.6 is 0 Å². The largest absolute Gasteiger partial charge is 0.491 e. The van der Waals surface area contributed by atoms with Crippen LogP contribution < -0.4 is 10.5 Å². The highest BCUT2D eigenvalue weighted by Crippen LogP contribution is 2.13. The summed E-state index contributed by atoms with van der Waals surface area (Å²) in [6.07, 6.45) is 0.196. The van der Waals surface area contributed by atoms with Crippen LogP contribution in [0.15, 0.2) is 24.3 Å². The van der Waals surface area contributed by atoms with E-state index < -0.39 is 0 Å². The van der Waals surface area contributed by atoms with Gasteiger partial charge in [-0.1, -0.05) is 25.7 Å². The molecule has 0 aliphatic carbocycles. The minimum Gasteiger partial charge on any atom is -0.491 e. The van der Waals surface area contributed by atoms with Gasteiger partial charge in [0.1, 0.15) is 5.75 Å². The van der Waals surface area contributed by atoms with Gasteiger partial charge in [0.2, 0.25) is 0 Å². The molecule has 0 radical (unpaired) electrons. The lowest BCUT2D eigenvalue weighted by molar-refractivity contribution is 0.242. The Kier molecular flexibility index (Phi) is 5.06. The number of nitrogens with two attached hydrogens (primary N) is 1. The number of benzene rings is 1. The van der Waals surface area contributed by atoms with Crippen LogP contribution in [0.3, 0.4) is 0 Å². The monoisotopic (exact) mass is 231 g/mol. The summed E-state index contributed by atoms with van der Waals surface area (Å²) in [7, 11) is 0. The number of rotatable bonds is 3. The first-order valence-electron chi connectivity index (χ1n) is 6.03. The molecule has 1 rings (SSSR count). The van der Waals surface area contributed by atoms with Crippen molar-refractivity contribution in [2.75, 3.05) is 0 Å². The van der Waals surface area contributed by atoms with Crippen LogP contribution in [-0.2, 0) is 0 Å². The van der Waals surface area contributed by atoms with Crippen LogP contribution in [-0.4, -0.2) is 12.1 Å². The zero-order chi connectivity index (χ0) is 12.8. The zero-order valence-electron chi connectivity index (χ0n) is 11.0. The molecule has 92 valence electrons. The summed E-state index contributed by atoms with van der Waals surface area (Å²) in [5.74, 6) is 7.38. The Labute approximate surface area is 104 Å². The molecule has 2 N–H and O–H groups in total. The summed E-state index contributed by atoms with van der Waals surface area (Å²) in [5.41, 5.74) is 6.83. The lowest BCUT2D eigenvalue weighted by Crippen LogP contribution is -2.23. The van der Waals surface area contributed by atoms with Gasteiger partial charge in [0.15, 0.2) is 0 Å². The minimum atomic E-state index is -0.0680. The third-order valence-corrected chi connectivity index (χ3v) is 2.33. The van der Waals surface area contributed by atoms with E-state index in [0.717, 1.165) is 11.3 Å². The van der Waals surface area contributed by atoms with E-state index in [1.807, 2.05) is 38.1 Å². The molecule has 0 aromatic heterocycles. The van der Waals surface area contributed by atoms with Gasteiger partial charge in [0, 0.05) is 5.56 Å². The van der Waals surface area contributed by atoms with E-state index in [9.17, 15) is 0 Å². The van der Waals surface area contributed by atoms with Gasteiger partial charge in [-0.05, 0) is 44.0 Å². The van der Waals surface area contributed by atoms with Crippen molar-refractivity contribution in [1.82, 2.24) is 0 Å². The SMILES string of the molecule is CC(C)Oc1ccc(C#CC(N)C(C)C)cc1. The number of hydrogen-bond acceptors (Lipinski definition) is 2. The quantitative estimate of drug-likeness (QED) is 0.812. The second-order valence-electron chi connectivity index (χ2n) is 4.73. The Bertz CT molecular complexity index is 395. The van der Waals surface area contributed by atoms with Crippen molar-refractivity contribution in [1.29, 1.82) is 0 Å². The van der Waals surface area contributed by atoms with Gasteiger partial charge in [-0.25, -0.2) is 0 Å². The van der Waals surface area contributed by atoms with Crippen molar-refractivity contribution in [3.63, 3.8) is 0 Å². The standard InChI is InChI=1S/C15H21NO/c1-11(2)15(16)10-7-13-5-8-14(9-6-13)17-12(3)4/h5-6,8-9,11-12,15H,16H2,1-4H3. The molecule has 2 heteroatoms. The minimum absolute atomic E-state index is 0.0680. The van der Waals surface area contributed by atoms with E-state index in [1.165, 1.54) is 0 Å². The van der Waals surface area contributed by atoms with Gasteiger partial charge < -0.3 is 10.5 Å². The number of hydrogen-bond donors (Lipinski definition) is 1. The van der Waals surface area contributed by atoms with Crippen molar-refractivity contribution in [3.05, 3.63) is 29.8 Å². The first kappa shape index (κ1) is 13.6. The second kappa shape index (κ2) is 6.32. The maximum Gasteiger partial charge on any atom is 0.119 e. The third kappa shape index (κ3) is 4.93. The molecule has 1 aromatic carbocycles. The van der Waals surface area contributed by atoms with Gasteiger partial charge >= 0.3 is 0 Å². The molecule has 2 nitrogen and oxygen atoms in total. The smallest absolute Gasteiger partial charge is 0.119 e. The summed E-state index contributed by atoms with van der Waals surface area (Å²) in [4.78, 5) is 0. The van der Waals surface area contributed by atoms with Crippen molar-refractivity contribution in [3.8, 4) is 17.6 Å². The Morgan fingerprint density at radius 2 is 1.65 bits per heavy atom. The fourth-order valence-electron chi connectivity index (χ4n) is 1.22. The van der Waals surface area contributed by atoms with E-state index in [0.29, 0.717) is 5.92 Å². The normalized spacial score (nSPS) is 12.2. The summed E-state index contributed by atoms with van der Waals surface area (Å²) in [6, 6.07) is 7.72. The molecule has 0 saturated carbocycles. The van der Waals surface area contributed by atoms with Crippen LogP contribution in [0.1, 0.15) is 33.3 Å². The Hall–Kier alpha value is -1.46. The average molecular weight is 231 g/mol. The number of ether oxygens (including phenoxy) is 1. The van der Waals surface area contributed by atoms with Crippen LogP contribution in [0.2, 0.25) is 0 Å². The molecule has 1 aromatic rings. The Morgan fingerprint density at radius 3 is 2.12 bits per heavy atom. The maximum atomic E-state index is 5.86. The van der Waals surface area contributed by atoms with Gasteiger partial charge in [-0.15, -0.1) is 0 Å². The summed E-state index contributed by atoms with van der Waals surface area (Å²) in [6.45, 7) is 8.16. The molecule has 0 saturated heterocycles. The molecule has 0 aliphatic rings. The Balaban J connectivity index is 2.68. The highest BCUT2D eigenvalue weighted by atomic mass is 16.5. The van der Waals surface area contributed by atoms with Crippen LogP contribution in [0.25, 0.3) is 0 Å². The summed E-state index contributed by atoms with van der Waals surface area (Å²) >= 11 is 0.